The molecule has 0 spiro atoms. The summed E-state index contributed by atoms with van der Waals surface area (Å²) in [5.74, 6) is 0.729. The fraction of sp³-hybridized carbons (Fsp3) is 0.118. The first-order chi connectivity index (χ1) is 10.3. The lowest BCUT2D eigenvalue weighted by Crippen LogP contribution is -2.22. The number of hydrogen-bond donors (Lipinski definition) is 1. The summed E-state index contributed by atoms with van der Waals surface area (Å²) in [5.41, 5.74) is 1.70. The van der Waals surface area contributed by atoms with E-state index in [0.717, 1.165) is 16.7 Å². The Hall–Kier alpha value is -2.33. The highest BCUT2D eigenvalue weighted by Crippen LogP contribution is 2.21. The number of methoxy groups -OCH3 is 1. The minimum Gasteiger partial charge on any atom is -0.497 e. The van der Waals surface area contributed by atoms with Crippen LogP contribution in [0.15, 0.2) is 53.9 Å². The first-order valence-electron chi connectivity index (χ1n) is 6.64. The van der Waals surface area contributed by atoms with Crippen molar-refractivity contribution < 1.29 is 9.53 Å². The number of benzene rings is 2. The molecule has 3 rings (SSSR count). The molecule has 106 valence electrons. The van der Waals surface area contributed by atoms with Crippen LogP contribution in [0.5, 0.6) is 5.75 Å². The maximum absolute atomic E-state index is 12.2. The number of hydrogen-bond acceptors (Lipinski definition) is 3. The van der Waals surface area contributed by atoms with E-state index in [1.54, 1.807) is 18.4 Å². The zero-order valence-electron chi connectivity index (χ0n) is 11.6. The lowest BCUT2D eigenvalue weighted by Gasteiger charge is -2.07. The van der Waals surface area contributed by atoms with Gasteiger partial charge in [0.2, 0.25) is 0 Å². The summed E-state index contributed by atoms with van der Waals surface area (Å²) in [5, 5.41) is 6.07. The molecule has 3 nitrogen and oxygen atoms in total. The number of carbonyl (C=O) groups excluding carboxylic acids is 1. The topological polar surface area (TPSA) is 38.3 Å². The van der Waals surface area contributed by atoms with Gasteiger partial charge in [0.25, 0.3) is 5.91 Å². The first-order valence-corrected chi connectivity index (χ1v) is 7.52. The van der Waals surface area contributed by atoms with Crippen LogP contribution < -0.4 is 10.1 Å². The second kappa shape index (κ2) is 5.97. The van der Waals surface area contributed by atoms with Crippen molar-refractivity contribution in [2.24, 2.45) is 0 Å². The third kappa shape index (κ3) is 3.06. The van der Waals surface area contributed by atoms with Gasteiger partial charge in [-0.1, -0.05) is 12.1 Å². The van der Waals surface area contributed by atoms with Crippen LogP contribution in [0.25, 0.3) is 10.1 Å². The molecule has 0 radical (unpaired) electrons. The Balaban J connectivity index is 1.70. The number of nitrogens with one attached hydrogen (secondary N) is 1. The third-order valence-electron chi connectivity index (χ3n) is 3.30. The molecular weight excluding hydrogens is 282 g/mol. The Morgan fingerprint density at radius 3 is 2.95 bits per heavy atom. The quantitative estimate of drug-likeness (QED) is 0.794. The van der Waals surface area contributed by atoms with E-state index in [2.05, 4.69) is 5.32 Å². The van der Waals surface area contributed by atoms with E-state index < -0.39 is 0 Å². The van der Waals surface area contributed by atoms with Gasteiger partial charge in [-0.2, -0.15) is 0 Å². The Labute approximate surface area is 127 Å². The summed E-state index contributed by atoms with van der Waals surface area (Å²) in [4.78, 5) is 12.2. The highest BCUT2D eigenvalue weighted by Gasteiger charge is 2.07. The van der Waals surface area contributed by atoms with Crippen LogP contribution in [0, 0.1) is 0 Å². The van der Waals surface area contributed by atoms with Crippen molar-refractivity contribution in [3.05, 3.63) is 65.0 Å². The van der Waals surface area contributed by atoms with E-state index >= 15 is 0 Å². The van der Waals surface area contributed by atoms with Gasteiger partial charge in [-0.3, -0.25) is 4.79 Å². The number of rotatable bonds is 4. The molecule has 0 fully saturated rings. The molecule has 0 aliphatic carbocycles. The zero-order valence-corrected chi connectivity index (χ0v) is 12.4. The Bertz CT molecular complexity index is 779. The number of amides is 1. The molecule has 0 aliphatic rings. The van der Waals surface area contributed by atoms with Crippen LogP contribution in [-0.2, 0) is 6.54 Å². The molecule has 1 heterocycles. The number of thiophene rings is 1. The summed E-state index contributed by atoms with van der Waals surface area (Å²) in [6, 6.07) is 15.5. The van der Waals surface area contributed by atoms with Crippen molar-refractivity contribution in [1.29, 1.82) is 0 Å². The van der Waals surface area contributed by atoms with Crippen LogP contribution in [0.1, 0.15) is 15.9 Å². The average Bonchev–Trinajstić information content (AvgIpc) is 3.00. The molecule has 4 heteroatoms. The van der Waals surface area contributed by atoms with Crippen LogP contribution in [0.2, 0.25) is 0 Å². The number of ether oxygens (including phenoxy) is 1. The molecule has 0 saturated heterocycles. The maximum Gasteiger partial charge on any atom is 0.251 e. The van der Waals surface area contributed by atoms with Crippen LogP contribution in [0.4, 0.5) is 0 Å². The second-order valence-corrected chi connectivity index (χ2v) is 5.66. The van der Waals surface area contributed by atoms with Crippen molar-refractivity contribution in [2.75, 3.05) is 7.11 Å². The van der Waals surface area contributed by atoms with Crippen LogP contribution >= 0.6 is 11.3 Å². The molecule has 1 amide bonds. The number of carbonyl (C=O) groups is 1. The monoisotopic (exact) mass is 297 g/mol. The highest BCUT2D eigenvalue weighted by molar-refractivity contribution is 7.17. The molecular formula is C17H15NO2S. The summed E-state index contributed by atoms with van der Waals surface area (Å²) in [7, 11) is 1.63. The predicted molar refractivity (Wildman–Crippen MR) is 86.0 cm³/mol. The lowest BCUT2D eigenvalue weighted by molar-refractivity contribution is 0.0951. The van der Waals surface area contributed by atoms with Crippen molar-refractivity contribution in [3.63, 3.8) is 0 Å². The van der Waals surface area contributed by atoms with Gasteiger partial charge in [0.05, 0.1) is 7.11 Å². The van der Waals surface area contributed by atoms with Crippen molar-refractivity contribution in [2.45, 2.75) is 6.54 Å². The van der Waals surface area contributed by atoms with E-state index in [9.17, 15) is 4.79 Å². The predicted octanol–water partition coefficient (Wildman–Crippen LogP) is 3.84. The van der Waals surface area contributed by atoms with E-state index in [0.29, 0.717) is 12.1 Å². The molecule has 0 saturated carbocycles. The van der Waals surface area contributed by atoms with Gasteiger partial charge in [-0.25, -0.2) is 0 Å². The largest absolute Gasteiger partial charge is 0.497 e. The van der Waals surface area contributed by atoms with Gasteiger partial charge in [-0.05, 0) is 52.7 Å². The summed E-state index contributed by atoms with van der Waals surface area (Å²) >= 11 is 1.68. The van der Waals surface area contributed by atoms with Crippen molar-refractivity contribution in [1.82, 2.24) is 5.32 Å². The molecule has 2 aromatic carbocycles. The maximum atomic E-state index is 12.2. The van der Waals surface area contributed by atoms with Gasteiger partial charge in [-0.15, -0.1) is 11.3 Å². The first kappa shape index (κ1) is 13.6. The summed E-state index contributed by atoms with van der Waals surface area (Å²) < 4.78 is 6.37. The van der Waals surface area contributed by atoms with Crippen molar-refractivity contribution in [3.8, 4) is 5.75 Å². The molecule has 3 aromatic rings. The van der Waals surface area contributed by atoms with Crippen LogP contribution in [0.3, 0.4) is 0 Å². The van der Waals surface area contributed by atoms with E-state index in [1.807, 2.05) is 53.9 Å². The smallest absolute Gasteiger partial charge is 0.251 e. The Kier molecular flexibility index (Phi) is 3.88. The van der Waals surface area contributed by atoms with Gasteiger partial charge in [0, 0.05) is 16.8 Å². The summed E-state index contributed by atoms with van der Waals surface area (Å²) in [6.07, 6.45) is 0. The summed E-state index contributed by atoms with van der Waals surface area (Å²) in [6.45, 7) is 0.484. The lowest BCUT2D eigenvalue weighted by atomic mass is 10.1. The zero-order chi connectivity index (χ0) is 14.7. The molecule has 0 bridgehead atoms. The van der Waals surface area contributed by atoms with Gasteiger partial charge < -0.3 is 10.1 Å². The SMILES string of the molecule is COc1cccc(CNC(=O)c2ccc3sccc3c2)c1. The molecule has 1 N–H and O–H groups in total. The highest BCUT2D eigenvalue weighted by atomic mass is 32.1. The van der Waals surface area contributed by atoms with Crippen molar-refractivity contribution >= 4 is 27.3 Å². The normalized spacial score (nSPS) is 10.5. The number of fused-ring (bicyclic) bond motifs is 1. The van der Waals surface area contributed by atoms with E-state index in [1.165, 1.54) is 4.70 Å². The second-order valence-electron chi connectivity index (χ2n) is 4.71. The molecule has 21 heavy (non-hydrogen) atoms. The third-order valence-corrected chi connectivity index (χ3v) is 4.20. The molecule has 0 atom stereocenters. The minimum atomic E-state index is -0.0640. The fourth-order valence-electron chi connectivity index (χ4n) is 2.17. The van der Waals surface area contributed by atoms with Crippen LogP contribution in [-0.4, -0.2) is 13.0 Å². The Morgan fingerprint density at radius 1 is 1.19 bits per heavy atom. The fourth-order valence-corrected chi connectivity index (χ4v) is 2.95. The van der Waals surface area contributed by atoms with E-state index in [4.69, 9.17) is 4.74 Å². The van der Waals surface area contributed by atoms with E-state index in [-0.39, 0.29) is 5.91 Å². The Morgan fingerprint density at radius 2 is 2.10 bits per heavy atom. The molecule has 0 unspecified atom stereocenters. The molecule has 1 aromatic heterocycles. The van der Waals surface area contributed by atoms with Gasteiger partial charge in [0.1, 0.15) is 5.75 Å². The average molecular weight is 297 g/mol. The minimum absolute atomic E-state index is 0.0640. The molecule has 0 aliphatic heterocycles. The standard InChI is InChI=1S/C17H15NO2S/c1-20-15-4-2-3-12(9-15)11-18-17(19)14-5-6-16-13(10-14)7-8-21-16/h2-10H,11H2,1H3,(H,18,19). The van der Waals surface area contributed by atoms with Gasteiger partial charge >= 0.3 is 0 Å². The van der Waals surface area contributed by atoms with Gasteiger partial charge in [0.15, 0.2) is 0 Å².